The Hall–Kier alpha value is -1.46. The molecule has 1 atom stereocenters. The number of nitrogens with zero attached hydrogens (tertiary/aromatic N) is 2. The van der Waals surface area contributed by atoms with Crippen molar-refractivity contribution in [2.24, 2.45) is 5.92 Å². The van der Waals surface area contributed by atoms with Gasteiger partial charge in [-0.2, -0.15) is 0 Å². The molecule has 1 aliphatic rings. The van der Waals surface area contributed by atoms with Crippen LogP contribution in [0.2, 0.25) is 0 Å². The Labute approximate surface area is 111 Å². The molecule has 4 nitrogen and oxygen atoms in total. The van der Waals surface area contributed by atoms with Crippen LogP contribution < -0.4 is 0 Å². The van der Waals surface area contributed by atoms with Gasteiger partial charge in [-0.15, -0.1) is 0 Å². The number of nitrogens with one attached hydrogen (secondary N) is 1. The van der Waals surface area contributed by atoms with E-state index in [1.54, 1.807) is 6.07 Å². The van der Waals surface area contributed by atoms with Gasteiger partial charge < -0.3 is 9.72 Å². The predicted molar refractivity (Wildman–Crippen MR) is 71.3 cm³/mol. The molecule has 0 bridgehead atoms. The standard InChI is InChI=1S/C14H18FN3O/c1-18(7-10-4-5-19-9-10)8-14-16-12-3-2-11(15)6-13(12)17-14/h2-3,6,10H,4-5,7-9H2,1H3,(H,16,17). The molecule has 1 aromatic carbocycles. The third-order valence-corrected chi connectivity index (χ3v) is 3.51. The first-order valence-electron chi connectivity index (χ1n) is 6.61. The maximum atomic E-state index is 13.1. The minimum Gasteiger partial charge on any atom is -0.381 e. The first kappa shape index (κ1) is 12.6. The van der Waals surface area contributed by atoms with Gasteiger partial charge in [0, 0.05) is 13.2 Å². The average Bonchev–Trinajstić information content (AvgIpc) is 2.97. The molecule has 2 heterocycles. The van der Waals surface area contributed by atoms with E-state index in [-0.39, 0.29) is 5.82 Å². The number of H-pyrrole nitrogens is 1. The van der Waals surface area contributed by atoms with Gasteiger partial charge in [-0.3, -0.25) is 4.90 Å². The zero-order chi connectivity index (χ0) is 13.2. The van der Waals surface area contributed by atoms with E-state index in [9.17, 15) is 4.39 Å². The van der Waals surface area contributed by atoms with Crippen LogP contribution in [0.15, 0.2) is 18.2 Å². The topological polar surface area (TPSA) is 41.2 Å². The number of ether oxygens (including phenoxy) is 1. The molecule has 19 heavy (non-hydrogen) atoms. The molecule has 5 heteroatoms. The largest absolute Gasteiger partial charge is 0.381 e. The number of benzene rings is 1. The van der Waals surface area contributed by atoms with E-state index in [4.69, 9.17) is 4.74 Å². The molecule has 1 aromatic heterocycles. The van der Waals surface area contributed by atoms with E-state index in [2.05, 4.69) is 21.9 Å². The fourth-order valence-corrected chi connectivity index (χ4v) is 2.60. The normalized spacial score (nSPS) is 19.6. The van der Waals surface area contributed by atoms with Crippen LogP contribution in [0.25, 0.3) is 11.0 Å². The van der Waals surface area contributed by atoms with Gasteiger partial charge in [0.1, 0.15) is 11.6 Å². The molecular weight excluding hydrogens is 245 g/mol. The first-order chi connectivity index (χ1) is 9.20. The summed E-state index contributed by atoms with van der Waals surface area (Å²) in [6.07, 6.45) is 1.13. The highest BCUT2D eigenvalue weighted by atomic mass is 19.1. The van der Waals surface area contributed by atoms with E-state index >= 15 is 0 Å². The molecule has 0 aliphatic carbocycles. The highest BCUT2D eigenvalue weighted by Crippen LogP contribution is 2.16. The second kappa shape index (κ2) is 5.27. The quantitative estimate of drug-likeness (QED) is 0.919. The molecule has 0 saturated carbocycles. The molecule has 1 saturated heterocycles. The van der Waals surface area contributed by atoms with Crippen molar-refractivity contribution >= 4 is 11.0 Å². The Morgan fingerprint density at radius 3 is 3.21 bits per heavy atom. The van der Waals surface area contributed by atoms with Crippen molar-refractivity contribution in [2.75, 3.05) is 26.8 Å². The van der Waals surface area contributed by atoms with E-state index in [1.807, 2.05) is 0 Å². The molecule has 102 valence electrons. The molecule has 0 radical (unpaired) electrons. The second-order valence-corrected chi connectivity index (χ2v) is 5.27. The molecule has 0 amide bonds. The van der Waals surface area contributed by atoms with Gasteiger partial charge in [-0.1, -0.05) is 0 Å². The maximum Gasteiger partial charge on any atom is 0.125 e. The summed E-state index contributed by atoms with van der Waals surface area (Å²) in [5.74, 6) is 1.26. The summed E-state index contributed by atoms with van der Waals surface area (Å²) >= 11 is 0. The van der Waals surface area contributed by atoms with Crippen molar-refractivity contribution in [3.8, 4) is 0 Å². The number of aromatic nitrogens is 2. The van der Waals surface area contributed by atoms with Crippen LogP contribution in [0.4, 0.5) is 4.39 Å². The summed E-state index contributed by atoms with van der Waals surface area (Å²) in [5.41, 5.74) is 1.57. The molecule has 3 rings (SSSR count). The average molecular weight is 263 g/mol. The van der Waals surface area contributed by atoms with Crippen molar-refractivity contribution in [1.82, 2.24) is 14.9 Å². The van der Waals surface area contributed by atoms with E-state index in [0.29, 0.717) is 5.92 Å². The van der Waals surface area contributed by atoms with Gasteiger partial charge in [0.2, 0.25) is 0 Å². The fourth-order valence-electron chi connectivity index (χ4n) is 2.60. The zero-order valence-electron chi connectivity index (χ0n) is 11.0. The number of fused-ring (bicyclic) bond motifs is 1. The summed E-state index contributed by atoms with van der Waals surface area (Å²) in [7, 11) is 2.08. The minimum absolute atomic E-state index is 0.237. The van der Waals surface area contributed by atoms with Gasteiger partial charge in [0.15, 0.2) is 0 Å². The van der Waals surface area contributed by atoms with E-state index < -0.39 is 0 Å². The van der Waals surface area contributed by atoms with Gasteiger partial charge in [-0.25, -0.2) is 9.37 Å². The van der Waals surface area contributed by atoms with Crippen molar-refractivity contribution < 1.29 is 9.13 Å². The molecule has 1 unspecified atom stereocenters. The Bertz CT molecular complexity index is 563. The summed E-state index contributed by atoms with van der Waals surface area (Å²) in [4.78, 5) is 9.87. The Morgan fingerprint density at radius 1 is 1.53 bits per heavy atom. The molecule has 2 aromatic rings. The lowest BCUT2D eigenvalue weighted by atomic mass is 10.1. The van der Waals surface area contributed by atoms with Crippen molar-refractivity contribution in [1.29, 1.82) is 0 Å². The van der Waals surface area contributed by atoms with E-state index in [1.165, 1.54) is 12.1 Å². The van der Waals surface area contributed by atoms with Crippen LogP contribution in [-0.4, -0.2) is 41.7 Å². The number of aromatic amines is 1. The van der Waals surface area contributed by atoms with Crippen molar-refractivity contribution in [2.45, 2.75) is 13.0 Å². The summed E-state index contributed by atoms with van der Waals surface area (Å²) in [6, 6.07) is 4.62. The summed E-state index contributed by atoms with van der Waals surface area (Å²) in [5, 5.41) is 0. The van der Waals surface area contributed by atoms with Crippen LogP contribution in [0.1, 0.15) is 12.2 Å². The lowest BCUT2D eigenvalue weighted by molar-refractivity contribution is 0.172. The first-order valence-corrected chi connectivity index (χ1v) is 6.61. The van der Waals surface area contributed by atoms with Gasteiger partial charge >= 0.3 is 0 Å². The van der Waals surface area contributed by atoms with Gasteiger partial charge in [-0.05, 0) is 37.6 Å². The summed E-state index contributed by atoms with van der Waals surface area (Å²) < 4.78 is 18.5. The number of hydrogen-bond acceptors (Lipinski definition) is 3. The SMILES string of the molecule is CN(Cc1nc2ccc(F)cc2[nH]1)CC1CCOC1. The lowest BCUT2D eigenvalue weighted by Crippen LogP contribution is -2.26. The lowest BCUT2D eigenvalue weighted by Gasteiger charge is -2.18. The number of halogens is 1. The van der Waals surface area contributed by atoms with Crippen molar-refractivity contribution in [3.63, 3.8) is 0 Å². The molecular formula is C14H18FN3O. The van der Waals surface area contributed by atoms with Crippen molar-refractivity contribution in [3.05, 3.63) is 29.8 Å². The Kier molecular flexibility index (Phi) is 3.48. The maximum absolute atomic E-state index is 13.1. The molecule has 1 aliphatic heterocycles. The number of rotatable bonds is 4. The molecule has 1 fully saturated rings. The monoisotopic (exact) mass is 263 g/mol. The third-order valence-electron chi connectivity index (χ3n) is 3.51. The minimum atomic E-state index is -0.237. The van der Waals surface area contributed by atoms with Gasteiger partial charge in [0.05, 0.1) is 24.2 Å². The molecule has 1 N–H and O–H groups in total. The zero-order valence-corrected chi connectivity index (χ0v) is 11.0. The summed E-state index contributed by atoms with van der Waals surface area (Å²) in [6.45, 7) is 3.48. The molecule has 0 spiro atoms. The Morgan fingerprint density at radius 2 is 2.42 bits per heavy atom. The smallest absolute Gasteiger partial charge is 0.125 e. The number of hydrogen-bond donors (Lipinski definition) is 1. The second-order valence-electron chi connectivity index (χ2n) is 5.27. The predicted octanol–water partition coefficient (Wildman–Crippen LogP) is 2.17. The van der Waals surface area contributed by atoms with Crippen LogP contribution in [0, 0.1) is 11.7 Å². The number of imidazole rings is 1. The van der Waals surface area contributed by atoms with Crippen LogP contribution in [-0.2, 0) is 11.3 Å². The third kappa shape index (κ3) is 2.93. The highest BCUT2D eigenvalue weighted by Gasteiger charge is 2.18. The van der Waals surface area contributed by atoms with E-state index in [0.717, 1.165) is 49.6 Å². The van der Waals surface area contributed by atoms with Crippen LogP contribution >= 0.6 is 0 Å². The van der Waals surface area contributed by atoms with Crippen LogP contribution in [0.3, 0.4) is 0 Å². The van der Waals surface area contributed by atoms with Crippen LogP contribution in [0.5, 0.6) is 0 Å². The Balaban J connectivity index is 1.66. The fraction of sp³-hybridized carbons (Fsp3) is 0.500. The van der Waals surface area contributed by atoms with Gasteiger partial charge in [0.25, 0.3) is 0 Å². The highest BCUT2D eigenvalue weighted by molar-refractivity contribution is 5.74.